The minimum absolute atomic E-state index is 0.00327. The lowest BCUT2D eigenvalue weighted by Crippen LogP contribution is -2.49. The van der Waals surface area contributed by atoms with Crippen LogP contribution >= 0.6 is 0 Å². The number of piperidine rings is 1. The molecule has 150 valence electrons. The van der Waals surface area contributed by atoms with Crippen molar-refractivity contribution in [3.05, 3.63) is 54.4 Å². The van der Waals surface area contributed by atoms with E-state index in [9.17, 15) is 8.42 Å². The second-order valence-electron chi connectivity index (χ2n) is 8.89. The van der Waals surface area contributed by atoms with Crippen LogP contribution in [0.15, 0.2) is 53.7 Å². The summed E-state index contributed by atoms with van der Waals surface area (Å²) in [6.07, 6.45) is 6.72. The molecule has 2 fully saturated rings. The Morgan fingerprint density at radius 1 is 1.04 bits per heavy atom. The molecule has 0 aliphatic carbocycles. The molecule has 2 unspecified atom stereocenters. The summed E-state index contributed by atoms with van der Waals surface area (Å²) in [7, 11) is -3.49. The lowest BCUT2D eigenvalue weighted by atomic mass is 9.87. The van der Waals surface area contributed by atoms with Crippen molar-refractivity contribution in [2.75, 3.05) is 0 Å². The van der Waals surface area contributed by atoms with Crippen LogP contribution in [0.5, 0.6) is 5.75 Å². The van der Waals surface area contributed by atoms with Gasteiger partial charge in [0, 0.05) is 31.1 Å². The first-order valence-corrected chi connectivity index (χ1v) is 11.4. The molecule has 2 aliphatic heterocycles. The highest BCUT2D eigenvalue weighted by molar-refractivity contribution is 7.89. The van der Waals surface area contributed by atoms with Gasteiger partial charge < -0.3 is 4.74 Å². The van der Waals surface area contributed by atoms with Crippen LogP contribution in [-0.4, -0.2) is 35.9 Å². The van der Waals surface area contributed by atoms with Gasteiger partial charge in [0.2, 0.25) is 10.0 Å². The maximum atomic E-state index is 13.3. The van der Waals surface area contributed by atoms with Gasteiger partial charge in [-0.2, -0.15) is 4.31 Å². The van der Waals surface area contributed by atoms with E-state index in [2.05, 4.69) is 25.8 Å². The summed E-state index contributed by atoms with van der Waals surface area (Å²) < 4.78 is 34.5. The standard InChI is InChI=1S/C22H28N2O3S/c1-22(2,3)16-6-10-21(11-7-16)28(25,26)24-17-8-9-18(24)14-20(13-17)27-19-5-4-12-23-15-19/h4-7,10-12,15,17-18,20H,8-9,13-14H2,1-3H3. The minimum atomic E-state index is -3.49. The summed E-state index contributed by atoms with van der Waals surface area (Å²) in [4.78, 5) is 4.48. The summed E-state index contributed by atoms with van der Waals surface area (Å²) >= 11 is 0. The molecule has 1 aromatic carbocycles. The fraction of sp³-hybridized carbons (Fsp3) is 0.500. The highest BCUT2D eigenvalue weighted by Crippen LogP contribution is 2.41. The van der Waals surface area contributed by atoms with Gasteiger partial charge in [0.1, 0.15) is 11.9 Å². The molecule has 0 radical (unpaired) electrons. The number of hydrogen-bond donors (Lipinski definition) is 0. The Morgan fingerprint density at radius 2 is 1.68 bits per heavy atom. The van der Waals surface area contributed by atoms with Gasteiger partial charge in [-0.05, 0) is 48.1 Å². The third-order valence-electron chi connectivity index (χ3n) is 5.86. The Morgan fingerprint density at radius 3 is 2.21 bits per heavy atom. The summed E-state index contributed by atoms with van der Waals surface area (Å²) in [5, 5.41) is 0. The average molecular weight is 401 g/mol. The lowest BCUT2D eigenvalue weighted by Gasteiger charge is -2.37. The zero-order chi connectivity index (χ0) is 19.9. The number of rotatable bonds is 4. The topological polar surface area (TPSA) is 59.5 Å². The quantitative estimate of drug-likeness (QED) is 0.774. The van der Waals surface area contributed by atoms with Crippen molar-refractivity contribution in [2.45, 2.75) is 75.0 Å². The van der Waals surface area contributed by atoms with E-state index < -0.39 is 10.0 Å². The molecule has 5 nitrogen and oxygen atoms in total. The van der Waals surface area contributed by atoms with Crippen molar-refractivity contribution in [3.63, 3.8) is 0 Å². The van der Waals surface area contributed by atoms with E-state index >= 15 is 0 Å². The van der Waals surface area contributed by atoms with Crippen LogP contribution in [0.2, 0.25) is 0 Å². The molecule has 6 heteroatoms. The van der Waals surface area contributed by atoms with E-state index in [-0.39, 0.29) is 23.6 Å². The molecule has 0 saturated carbocycles. The number of fused-ring (bicyclic) bond motifs is 2. The van der Waals surface area contributed by atoms with E-state index in [1.807, 2.05) is 24.3 Å². The molecule has 2 bridgehead atoms. The van der Waals surface area contributed by atoms with Crippen molar-refractivity contribution in [1.29, 1.82) is 0 Å². The summed E-state index contributed by atoms with van der Waals surface area (Å²) in [5.74, 6) is 0.751. The van der Waals surface area contributed by atoms with Crippen LogP contribution in [0.4, 0.5) is 0 Å². The van der Waals surface area contributed by atoms with Crippen molar-refractivity contribution in [1.82, 2.24) is 9.29 Å². The number of ether oxygens (including phenoxy) is 1. The number of sulfonamides is 1. The molecule has 2 atom stereocenters. The fourth-order valence-corrected chi connectivity index (χ4v) is 6.32. The van der Waals surface area contributed by atoms with Gasteiger partial charge in [0.15, 0.2) is 0 Å². The highest BCUT2D eigenvalue weighted by Gasteiger charge is 2.47. The first-order chi connectivity index (χ1) is 13.2. The van der Waals surface area contributed by atoms with E-state index in [1.165, 1.54) is 0 Å². The van der Waals surface area contributed by atoms with E-state index in [0.29, 0.717) is 4.90 Å². The van der Waals surface area contributed by atoms with E-state index in [0.717, 1.165) is 37.0 Å². The van der Waals surface area contributed by atoms with Crippen molar-refractivity contribution < 1.29 is 13.2 Å². The third-order valence-corrected chi connectivity index (χ3v) is 7.87. The van der Waals surface area contributed by atoms with E-state index in [1.54, 1.807) is 28.8 Å². The smallest absolute Gasteiger partial charge is 0.243 e. The molecule has 2 aromatic rings. The largest absolute Gasteiger partial charge is 0.489 e. The first-order valence-electron chi connectivity index (χ1n) is 9.96. The van der Waals surface area contributed by atoms with E-state index in [4.69, 9.17) is 4.74 Å². The molecular formula is C22H28N2O3S. The second kappa shape index (κ2) is 7.16. The van der Waals surface area contributed by atoms with Crippen LogP contribution in [-0.2, 0) is 15.4 Å². The molecule has 2 aliphatic rings. The Labute approximate surface area is 167 Å². The number of pyridine rings is 1. The molecule has 3 heterocycles. The Kier molecular flexibility index (Phi) is 4.96. The predicted molar refractivity (Wildman–Crippen MR) is 109 cm³/mol. The average Bonchev–Trinajstić information content (AvgIpc) is 2.94. The zero-order valence-corrected chi connectivity index (χ0v) is 17.5. The number of hydrogen-bond acceptors (Lipinski definition) is 4. The van der Waals surface area contributed by atoms with Crippen LogP contribution in [0, 0.1) is 0 Å². The number of benzene rings is 1. The Balaban J connectivity index is 1.52. The Hall–Kier alpha value is -1.92. The fourth-order valence-electron chi connectivity index (χ4n) is 4.43. The van der Waals surface area contributed by atoms with Crippen LogP contribution < -0.4 is 4.74 Å². The molecule has 0 spiro atoms. The van der Waals surface area contributed by atoms with Gasteiger partial charge in [-0.15, -0.1) is 0 Å². The molecule has 4 rings (SSSR count). The molecule has 0 N–H and O–H groups in total. The SMILES string of the molecule is CC(C)(C)c1ccc(S(=O)(=O)N2C3CCC2CC(Oc2cccnc2)C3)cc1. The van der Waals surface area contributed by atoms with Gasteiger partial charge in [0.05, 0.1) is 11.1 Å². The monoisotopic (exact) mass is 400 g/mol. The molecule has 0 amide bonds. The lowest BCUT2D eigenvalue weighted by molar-refractivity contribution is 0.0953. The van der Waals surface area contributed by atoms with Gasteiger partial charge in [-0.1, -0.05) is 32.9 Å². The van der Waals surface area contributed by atoms with Crippen LogP contribution in [0.3, 0.4) is 0 Å². The summed E-state index contributed by atoms with van der Waals surface area (Å²) in [6.45, 7) is 6.39. The van der Waals surface area contributed by atoms with Crippen LogP contribution in [0.25, 0.3) is 0 Å². The Bertz CT molecular complexity index is 907. The maximum absolute atomic E-state index is 13.3. The van der Waals surface area contributed by atoms with Crippen molar-refractivity contribution in [2.24, 2.45) is 0 Å². The third kappa shape index (κ3) is 3.67. The summed E-state index contributed by atoms with van der Waals surface area (Å²) in [5.41, 5.74) is 1.14. The second-order valence-corrected chi connectivity index (χ2v) is 10.7. The molecule has 1 aromatic heterocycles. The minimum Gasteiger partial charge on any atom is -0.489 e. The predicted octanol–water partition coefficient (Wildman–Crippen LogP) is 4.14. The highest BCUT2D eigenvalue weighted by atomic mass is 32.2. The van der Waals surface area contributed by atoms with Crippen molar-refractivity contribution in [3.8, 4) is 5.75 Å². The molecule has 28 heavy (non-hydrogen) atoms. The van der Waals surface area contributed by atoms with Crippen LogP contribution in [0.1, 0.15) is 52.0 Å². The number of aromatic nitrogens is 1. The molecular weight excluding hydrogens is 372 g/mol. The first kappa shape index (κ1) is 19.4. The summed E-state index contributed by atoms with van der Waals surface area (Å²) in [6, 6.07) is 11.2. The molecule has 2 saturated heterocycles. The maximum Gasteiger partial charge on any atom is 0.243 e. The van der Waals surface area contributed by atoms with Crippen molar-refractivity contribution >= 4 is 10.0 Å². The normalized spacial score (nSPS) is 25.6. The van der Waals surface area contributed by atoms with Gasteiger partial charge in [0.25, 0.3) is 0 Å². The van der Waals surface area contributed by atoms with Gasteiger partial charge in [-0.3, -0.25) is 4.98 Å². The number of nitrogens with zero attached hydrogens (tertiary/aromatic N) is 2. The zero-order valence-electron chi connectivity index (χ0n) is 16.7. The van der Waals surface area contributed by atoms with Gasteiger partial charge in [-0.25, -0.2) is 8.42 Å². The van der Waals surface area contributed by atoms with Gasteiger partial charge >= 0.3 is 0 Å².